The van der Waals surface area contributed by atoms with Gasteiger partial charge in [-0.15, -0.1) is 0 Å². The zero-order valence-electron chi connectivity index (χ0n) is 15.4. The van der Waals surface area contributed by atoms with Gasteiger partial charge in [-0.2, -0.15) is 0 Å². The van der Waals surface area contributed by atoms with Crippen LogP contribution in [0.25, 0.3) is 10.9 Å². The maximum absolute atomic E-state index is 13.0. The molecule has 1 N–H and O–H groups in total. The summed E-state index contributed by atoms with van der Waals surface area (Å²) in [6.45, 7) is 4.73. The molecular formula is C20H26N4O2. The first-order valence-corrected chi connectivity index (χ1v) is 9.42. The smallest absolute Gasteiger partial charge is 0.256 e. The quantitative estimate of drug-likeness (QED) is 0.907. The molecule has 1 unspecified atom stereocenters. The van der Waals surface area contributed by atoms with Crippen LogP contribution in [0.15, 0.2) is 30.5 Å². The van der Waals surface area contributed by atoms with Crippen molar-refractivity contribution in [1.82, 2.24) is 19.7 Å². The van der Waals surface area contributed by atoms with E-state index in [-0.39, 0.29) is 17.9 Å². The minimum atomic E-state index is -0.134. The van der Waals surface area contributed by atoms with E-state index >= 15 is 0 Å². The summed E-state index contributed by atoms with van der Waals surface area (Å²) in [5, 5.41) is 4.07. The minimum absolute atomic E-state index is 0.0801. The second kappa shape index (κ2) is 6.76. The number of para-hydroxylation sites is 1. The highest BCUT2D eigenvalue weighted by molar-refractivity contribution is 6.07. The third-order valence-corrected chi connectivity index (χ3v) is 5.58. The van der Waals surface area contributed by atoms with E-state index in [0.717, 1.165) is 42.4 Å². The van der Waals surface area contributed by atoms with Gasteiger partial charge < -0.3 is 14.8 Å². The van der Waals surface area contributed by atoms with Crippen molar-refractivity contribution in [3.63, 3.8) is 0 Å². The molecule has 2 heterocycles. The van der Waals surface area contributed by atoms with E-state index in [0.29, 0.717) is 19.1 Å². The van der Waals surface area contributed by atoms with Gasteiger partial charge in [0, 0.05) is 56.4 Å². The van der Waals surface area contributed by atoms with Gasteiger partial charge in [0.15, 0.2) is 0 Å². The van der Waals surface area contributed by atoms with E-state index in [4.69, 9.17) is 0 Å². The summed E-state index contributed by atoms with van der Waals surface area (Å²) in [5.41, 5.74) is 1.83. The van der Waals surface area contributed by atoms with Crippen molar-refractivity contribution >= 4 is 22.7 Å². The number of aryl methyl sites for hydroxylation is 1. The molecule has 1 aromatic heterocycles. The van der Waals surface area contributed by atoms with Crippen molar-refractivity contribution < 1.29 is 9.59 Å². The lowest BCUT2D eigenvalue weighted by atomic mass is 10.1. The topological polar surface area (TPSA) is 57.6 Å². The maximum atomic E-state index is 13.0. The second-order valence-electron chi connectivity index (χ2n) is 7.46. The lowest BCUT2D eigenvalue weighted by Gasteiger charge is -2.37. The summed E-state index contributed by atoms with van der Waals surface area (Å²) in [7, 11) is 1.97. The monoisotopic (exact) mass is 354 g/mol. The molecule has 1 atom stereocenters. The first kappa shape index (κ1) is 17.1. The summed E-state index contributed by atoms with van der Waals surface area (Å²) < 4.78 is 2.00. The number of nitrogens with one attached hydrogen (secondary N) is 1. The molecule has 2 aliphatic rings. The normalized spacial score (nSPS) is 19.5. The van der Waals surface area contributed by atoms with Crippen LogP contribution in [0.4, 0.5) is 0 Å². The first-order valence-electron chi connectivity index (χ1n) is 9.42. The highest BCUT2D eigenvalue weighted by Crippen LogP contribution is 2.23. The second-order valence-corrected chi connectivity index (χ2v) is 7.46. The predicted octanol–water partition coefficient (Wildman–Crippen LogP) is 1.60. The van der Waals surface area contributed by atoms with E-state index in [1.54, 1.807) is 0 Å². The molecule has 6 nitrogen and oxygen atoms in total. The summed E-state index contributed by atoms with van der Waals surface area (Å²) in [4.78, 5) is 29.3. The fraction of sp³-hybridized carbons (Fsp3) is 0.500. The zero-order valence-corrected chi connectivity index (χ0v) is 15.4. The lowest BCUT2D eigenvalue weighted by Crippen LogP contribution is -2.55. The Kier molecular flexibility index (Phi) is 4.44. The van der Waals surface area contributed by atoms with Gasteiger partial charge in [-0.3, -0.25) is 14.5 Å². The van der Waals surface area contributed by atoms with E-state index in [1.165, 1.54) is 0 Å². The van der Waals surface area contributed by atoms with Gasteiger partial charge in [0.2, 0.25) is 5.91 Å². The van der Waals surface area contributed by atoms with Crippen LogP contribution in [-0.4, -0.2) is 64.4 Å². The van der Waals surface area contributed by atoms with Crippen molar-refractivity contribution in [2.75, 3.05) is 26.2 Å². The summed E-state index contributed by atoms with van der Waals surface area (Å²) in [6.07, 6.45) is 4.13. The Bertz CT molecular complexity index is 831. The van der Waals surface area contributed by atoms with Gasteiger partial charge in [-0.25, -0.2) is 0 Å². The van der Waals surface area contributed by atoms with Crippen LogP contribution in [0.1, 0.15) is 30.1 Å². The molecule has 6 heteroatoms. The van der Waals surface area contributed by atoms with Crippen LogP contribution in [0.3, 0.4) is 0 Å². The molecule has 2 fully saturated rings. The van der Waals surface area contributed by atoms with E-state index in [1.807, 2.05) is 53.9 Å². The Labute approximate surface area is 153 Å². The highest BCUT2D eigenvalue weighted by Gasteiger charge is 2.31. The van der Waals surface area contributed by atoms with Crippen LogP contribution >= 0.6 is 0 Å². The number of carbonyl (C=O) groups is 2. The van der Waals surface area contributed by atoms with Gasteiger partial charge in [0.25, 0.3) is 5.91 Å². The number of carbonyl (C=O) groups excluding carboxylic acids is 2. The molecule has 1 aliphatic carbocycles. The number of benzene rings is 1. The van der Waals surface area contributed by atoms with Gasteiger partial charge in [0.1, 0.15) is 0 Å². The average molecular weight is 354 g/mol. The Morgan fingerprint density at radius 2 is 1.81 bits per heavy atom. The van der Waals surface area contributed by atoms with Crippen LogP contribution in [-0.2, 0) is 11.8 Å². The van der Waals surface area contributed by atoms with Crippen molar-refractivity contribution in [2.45, 2.75) is 31.8 Å². The number of hydrogen-bond donors (Lipinski definition) is 1. The Balaban J connectivity index is 1.41. The Hall–Kier alpha value is -2.34. The highest BCUT2D eigenvalue weighted by atomic mass is 16.2. The number of rotatable bonds is 4. The van der Waals surface area contributed by atoms with Gasteiger partial charge in [-0.1, -0.05) is 18.2 Å². The predicted molar refractivity (Wildman–Crippen MR) is 101 cm³/mol. The van der Waals surface area contributed by atoms with Crippen molar-refractivity contribution in [2.24, 2.45) is 7.05 Å². The molecule has 1 aromatic carbocycles. The summed E-state index contributed by atoms with van der Waals surface area (Å²) in [5.74, 6) is 0.192. The lowest BCUT2D eigenvalue weighted by molar-refractivity contribution is -0.126. The molecule has 2 aromatic rings. The number of hydrogen-bond acceptors (Lipinski definition) is 3. The standard InChI is InChI=1S/C20H26N4O2/c1-14(19(25)21-15-7-8-15)23-9-11-24(12-10-23)20(26)17-13-22(2)18-6-4-3-5-16(17)18/h3-6,13-15H,7-12H2,1-2H3,(H,21,25). The van der Waals surface area contributed by atoms with Crippen LogP contribution in [0.5, 0.6) is 0 Å². The first-order chi connectivity index (χ1) is 12.5. The van der Waals surface area contributed by atoms with E-state index in [2.05, 4.69) is 10.2 Å². The van der Waals surface area contributed by atoms with Crippen molar-refractivity contribution in [1.29, 1.82) is 0 Å². The van der Waals surface area contributed by atoms with Gasteiger partial charge in [0.05, 0.1) is 11.6 Å². The number of nitrogens with zero attached hydrogens (tertiary/aromatic N) is 3. The molecule has 2 amide bonds. The zero-order chi connectivity index (χ0) is 18.3. The third kappa shape index (κ3) is 3.21. The fourth-order valence-electron chi connectivity index (χ4n) is 3.71. The Morgan fingerprint density at radius 1 is 1.12 bits per heavy atom. The fourth-order valence-corrected chi connectivity index (χ4v) is 3.71. The van der Waals surface area contributed by atoms with E-state index < -0.39 is 0 Å². The third-order valence-electron chi connectivity index (χ3n) is 5.58. The molecule has 1 aliphatic heterocycles. The molecule has 0 bridgehead atoms. The van der Waals surface area contributed by atoms with Crippen molar-refractivity contribution in [3.8, 4) is 0 Å². The minimum Gasteiger partial charge on any atom is -0.352 e. The van der Waals surface area contributed by atoms with Crippen LogP contribution in [0, 0.1) is 0 Å². The molecule has 26 heavy (non-hydrogen) atoms. The molecule has 0 spiro atoms. The number of amides is 2. The molecule has 138 valence electrons. The largest absolute Gasteiger partial charge is 0.352 e. The molecule has 1 saturated heterocycles. The summed E-state index contributed by atoms with van der Waals surface area (Å²) in [6, 6.07) is 8.25. The number of piperazine rings is 1. The SMILES string of the molecule is CC(C(=O)NC1CC1)N1CCN(C(=O)c2cn(C)c3ccccc23)CC1. The Morgan fingerprint density at radius 3 is 2.50 bits per heavy atom. The molecule has 0 radical (unpaired) electrons. The number of aromatic nitrogens is 1. The van der Waals surface area contributed by atoms with E-state index in [9.17, 15) is 9.59 Å². The molecule has 4 rings (SSSR count). The molecule has 1 saturated carbocycles. The average Bonchev–Trinajstić information content (AvgIpc) is 3.42. The molecular weight excluding hydrogens is 328 g/mol. The number of fused-ring (bicyclic) bond motifs is 1. The van der Waals surface area contributed by atoms with Crippen molar-refractivity contribution in [3.05, 3.63) is 36.0 Å². The maximum Gasteiger partial charge on any atom is 0.256 e. The van der Waals surface area contributed by atoms with Gasteiger partial charge >= 0.3 is 0 Å². The van der Waals surface area contributed by atoms with Gasteiger partial charge in [-0.05, 0) is 25.8 Å². The van der Waals surface area contributed by atoms with Crippen LogP contribution in [0.2, 0.25) is 0 Å². The van der Waals surface area contributed by atoms with Crippen LogP contribution < -0.4 is 5.32 Å². The summed E-state index contributed by atoms with van der Waals surface area (Å²) >= 11 is 0.